The molecule has 2 heterocycles. The first kappa shape index (κ1) is 23.8. The lowest BCUT2D eigenvalue weighted by Crippen LogP contribution is -2.34. The minimum atomic E-state index is -3.45. The van der Waals surface area contributed by atoms with Crippen LogP contribution in [0.5, 0.6) is 5.75 Å². The van der Waals surface area contributed by atoms with Crippen LogP contribution in [0.15, 0.2) is 75.8 Å². The summed E-state index contributed by atoms with van der Waals surface area (Å²) in [5, 5.41) is 1.94. The average Bonchev–Trinajstić information content (AvgIpc) is 3.51. The number of sulfonamides is 1. The number of ether oxygens (including phenoxy) is 1. The molecule has 2 aromatic carbocycles. The number of allylic oxidation sites excluding steroid dienone is 1. The predicted octanol–water partition coefficient (Wildman–Crippen LogP) is 2.88. The number of fused-ring (bicyclic) bond motifs is 1. The maximum atomic E-state index is 12.6. The molecule has 9 nitrogen and oxygen atoms in total. The molecule has 0 saturated carbocycles. The molecule has 0 saturated heterocycles. The molecule has 0 spiro atoms. The Labute approximate surface area is 210 Å². The van der Waals surface area contributed by atoms with Gasteiger partial charge >= 0.3 is 5.69 Å². The molecule has 11 heteroatoms. The summed E-state index contributed by atoms with van der Waals surface area (Å²) in [6.45, 7) is 0. The van der Waals surface area contributed by atoms with E-state index < -0.39 is 21.3 Å². The number of hydrogen-bond donors (Lipinski definition) is 3. The third-order valence-corrected chi connectivity index (χ3v) is 7.16. The lowest BCUT2D eigenvalue weighted by Gasteiger charge is -2.18. The third kappa shape index (κ3) is 4.51. The Balaban J connectivity index is 1.71. The van der Waals surface area contributed by atoms with Crippen LogP contribution in [-0.2, 0) is 16.4 Å². The van der Waals surface area contributed by atoms with Gasteiger partial charge in [0.05, 0.1) is 24.7 Å². The van der Waals surface area contributed by atoms with Gasteiger partial charge in [-0.2, -0.15) is 0 Å². The summed E-state index contributed by atoms with van der Waals surface area (Å²) in [5.41, 5.74) is 6.87. The molecule has 0 bridgehead atoms. The minimum Gasteiger partial charge on any atom is -0.495 e. The maximum absolute atomic E-state index is 12.6. The van der Waals surface area contributed by atoms with Gasteiger partial charge in [-0.1, -0.05) is 24.3 Å². The Bertz CT molecular complexity index is 1690. The average molecular weight is 523 g/mol. The number of nitrogens with one attached hydrogen (secondary N) is 3. The van der Waals surface area contributed by atoms with E-state index in [1.807, 2.05) is 41.8 Å². The smallest absolute Gasteiger partial charge is 0.332 e. The summed E-state index contributed by atoms with van der Waals surface area (Å²) in [5.74, 6) is 0.590. The molecule has 0 fully saturated rings. The molecule has 1 aliphatic carbocycles. The van der Waals surface area contributed by atoms with E-state index in [0.29, 0.717) is 29.1 Å². The van der Waals surface area contributed by atoms with Crippen molar-refractivity contribution in [2.24, 2.45) is 0 Å². The zero-order valence-corrected chi connectivity index (χ0v) is 21.0. The number of hydrogen-bond acceptors (Lipinski definition) is 7. The van der Waals surface area contributed by atoms with Gasteiger partial charge < -0.3 is 15.1 Å². The zero-order chi connectivity index (χ0) is 25.4. The molecule has 184 valence electrons. The first-order chi connectivity index (χ1) is 17.2. The highest BCUT2D eigenvalue weighted by molar-refractivity contribution is 7.88. The lowest BCUT2D eigenvalue weighted by molar-refractivity contribution is 0.418. The summed E-state index contributed by atoms with van der Waals surface area (Å²) < 4.78 is 30.1. The summed E-state index contributed by atoms with van der Waals surface area (Å²) >= 11 is 1.51. The van der Waals surface area contributed by atoms with Gasteiger partial charge in [0.2, 0.25) is 10.0 Å². The number of aromatic nitrogens is 2. The number of aromatic amines is 1. The molecule has 0 amide bonds. The highest BCUT2D eigenvalue weighted by Gasteiger charge is 2.21. The van der Waals surface area contributed by atoms with E-state index >= 15 is 0 Å². The second-order valence-electron chi connectivity index (χ2n) is 8.20. The lowest BCUT2D eigenvalue weighted by atomic mass is 9.96. The van der Waals surface area contributed by atoms with Crippen molar-refractivity contribution in [2.75, 3.05) is 13.4 Å². The van der Waals surface area contributed by atoms with Crippen LogP contribution in [0.3, 0.4) is 0 Å². The van der Waals surface area contributed by atoms with Crippen molar-refractivity contribution in [1.82, 2.24) is 19.8 Å². The Morgan fingerprint density at radius 3 is 2.56 bits per heavy atom. The molecule has 3 N–H and O–H groups in total. The van der Waals surface area contributed by atoms with Gasteiger partial charge in [0, 0.05) is 33.8 Å². The number of H-pyrrole nitrogens is 1. The van der Waals surface area contributed by atoms with Crippen molar-refractivity contribution >= 4 is 27.1 Å². The van der Waals surface area contributed by atoms with E-state index in [9.17, 15) is 18.0 Å². The monoisotopic (exact) mass is 522 g/mol. The number of thiophene rings is 1. The minimum absolute atomic E-state index is 0.397. The predicted molar refractivity (Wildman–Crippen MR) is 141 cm³/mol. The second kappa shape index (κ2) is 9.26. The zero-order valence-electron chi connectivity index (χ0n) is 19.4. The van der Waals surface area contributed by atoms with Gasteiger partial charge in [-0.05, 0) is 47.2 Å². The summed E-state index contributed by atoms with van der Waals surface area (Å²) in [4.78, 5) is 31.0. The van der Waals surface area contributed by atoms with Gasteiger partial charge in [0.15, 0.2) is 0 Å². The van der Waals surface area contributed by atoms with Gasteiger partial charge in [0.25, 0.3) is 5.56 Å². The van der Waals surface area contributed by atoms with Crippen molar-refractivity contribution in [3.63, 3.8) is 0 Å². The molecular weight excluding hydrogens is 500 g/mol. The van der Waals surface area contributed by atoms with Gasteiger partial charge in [-0.15, -0.1) is 16.2 Å². The number of nitrogens with zero attached hydrogens (tertiary/aromatic N) is 1. The van der Waals surface area contributed by atoms with E-state index in [-0.39, 0.29) is 0 Å². The summed E-state index contributed by atoms with van der Waals surface area (Å²) in [6, 6.07) is 14.5. The van der Waals surface area contributed by atoms with Crippen LogP contribution >= 0.6 is 11.3 Å². The molecule has 0 atom stereocenters. The maximum Gasteiger partial charge on any atom is 0.332 e. The molecule has 1 aliphatic rings. The van der Waals surface area contributed by atoms with Crippen LogP contribution in [0, 0.1) is 0 Å². The Morgan fingerprint density at radius 2 is 1.86 bits per heavy atom. The summed E-state index contributed by atoms with van der Waals surface area (Å²) in [7, 11) is -1.87. The summed E-state index contributed by atoms with van der Waals surface area (Å²) in [6.07, 6.45) is 4.94. The molecule has 0 radical (unpaired) electrons. The van der Waals surface area contributed by atoms with Crippen molar-refractivity contribution in [3.8, 4) is 33.0 Å². The van der Waals surface area contributed by atoms with E-state index in [1.165, 1.54) is 23.6 Å². The van der Waals surface area contributed by atoms with Crippen LogP contribution < -0.4 is 26.2 Å². The quantitative estimate of drug-likeness (QED) is 0.321. The molecule has 0 unspecified atom stereocenters. The van der Waals surface area contributed by atoms with Crippen LogP contribution in [0.1, 0.15) is 11.1 Å². The number of methoxy groups -OCH3 is 1. The number of rotatable bonds is 7. The third-order valence-electron chi connectivity index (χ3n) is 5.79. The molecule has 36 heavy (non-hydrogen) atoms. The normalized spacial score (nSPS) is 12.8. The highest BCUT2D eigenvalue weighted by Crippen LogP contribution is 2.43. The second-order valence-corrected chi connectivity index (χ2v) is 10.9. The molecule has 4 aromatic rings. The van der Waals surface area contributed by atoms with Gasteiger partial charge in [-0.3, -0.25) is 4.79 Å². The first-order valence-electron chi connectivity index (χ1n) is 10.9. The van der Waals surface area contributed by atoms with E-state index in [1.54, 1.807) is 19.2 Å². The fraction of sp³-hybridized carbons (Fsp3) is 0.120. The van der Waals surface area contributed by atoms with Crippen molar-refractivity contribution in [3.05, 3.63) is 98.1 Å². The van der Waals surface area contributed by atoms with Crippen LogP contribution in [-0.4, -0.2) is 31.3 Å². The van der Waals surface area contributed by atoms with E-state index in [0.717, 1.165) is 38.0 Å². The van der Waals surface area contributed by atoms with Crippen LogP contribution in [0.2, 0.25) is 0 Å². The number of hydrazine groups is 1. The molecular formula is C25H22N4O5S2. The van der Waals surface area contributed by atoms with Crippen molar-refractivity contribution in [1.29, 1.82) is 0 Å². The highest BCUT2D eigenvalue weighted by atomic mass is 32.2. The van der Waals surface area contributed by atoms with E-state index in [4.69, 9.17) is 4.74 Å². The van der Waals surface area contributed by atoms with Crippen molar-refractivity contribution in [2.45, 2.75) is 6.42 Å². The topological polar surface area (TPSA) is 122 Å². The van der Waals surface area contributed by atoms with Crippen molar-refractivity contribution < 1.29 is 13.2 Å². The Hall–Kier alpha value is -3.93. The SMILES string of the molecule is COc1c(-c2ccc3c(c2)C(NNS(C)(=O)=O)=CC3)cc(-n2c(=O)cc[nH]c2=O)cc1-c1cccs1. The number of benzene rings is 2. The van der Waals surface area contributed by atoms with Gasteiger partial charge in [0.1, 0.15) is 5.75 Å². The molecule has 5 rings (SSSR count). The Kier molecular flexibility index (Phi) is 6.12. The largest absolute Gasteiger partial charge is 0.495 e. The Morgan fingerprint density at radius 1 is 1.06 bits per heavy atom. The van der Waals surface area contributed by atoms with Gasteiger partial charge in [-0.25, -0.2) is 17.8 Å². The van der Waals surface area contributed by atoms with E-state index in [2.05, 4.69) is 15.2 Å². The first-order valence-corrected chi connectivity index (χ1v) is 13.7. The molecule has 2 aromatic heterocycles. The molecule has 0 aliphatic heterocycles. The fourth-order valence-corrected chi connectivity index (χ4v) is 5.26. The fourth-order valence-electron chi connectivity index (χ4n) is 4.22. The van der Waals surface area contributed by atoms with Crippen LogP contribution in [0.4, 0.5) is 0 Å². The standard InChI is InChI=1S/C25H22N4O5S2/c1-34-24-19(16-6-5-15-7-8-21(18(15)12-16)27-28-36(2,32)33)13-17(14-20(24)22-4-3-11-35-22)29-23(30)9-10-26-25(29)31/h3-6,8-14,27-28H,7H2,1-2H3,(H,26,31). The van der Waals surface area contributed by atoms with Crippen LogP contribution in [0.25, 0.3) is 33.0 Å².